The Morgan fingerprint density at radius 3 is 2.10 bits per heavy atom. The molecule has 3 atom stereocenters. The van der Waals surface area contributed by atoms with E-state index in [0.717, 1.165) is 22.3 Å². The van der Waals surface area contributed by atoms with E-state index in [4.69, 9.17) is 19.3 Å². The molecule has 1 amide bonds. The van der Waals surface area contributed by atoms with Crippen molar-refractivity contribution in [3.63, 3.8) is 0 Å². The lowest BCUT2D eigenvalue weighted by Gasteiger charge is -2.25. The summed E-state index contributed by atoms with van der Waals surface area (Å²) >= 11 is 0. The third-order valence-electron chi connectivity index (χ3n) is 6.90. The molecule has 3 N–H and O–H groups in total. The Morgan fingerprint density at radius 1 is 0.881 bits per heavy atom. The van der Waals surface area contributed by atoms with Crippen LogP contribution >= 0.6 is 0 Å². The van der Waals surface area contributed by atoms with Gasteiger partial charge in [-0.1, -0.05) is 84.9 Å². The van der Waals surface area contributed by atoms with Crippen LogP contribution in [0.15, 0.2) is 84.9 Å². The summed E-state index contributed by atoms with van der Waals surface area (Å²) in [6.07, 6.45) is -0.0293. The number of aliphatic carboxylic acids is 1. The summed E-state index contributed by atoms with van der Waals surface area (Å²) in [5.41, 5.74) is 3.90. The zero-order chi connectivity index (χ0) is 30.0. The molecule has 3 aromatic rings. The molecule has 1 heterocycles. The first kappa shape index (κ1) is 30.9. The zero-order valence-corrected chi connectivity index (χ0v) is 24.0. The molecule has 4 rings (SSSR count). The van der Waals surface area contributed by atoms with Crippen LogP contribution in [0.2, 0.25) is 0 Å². The molecule has 0 bridgehead atoms. The average Bonchev–Trinajstić information content (AvgIpc) is 3.34. The summed E-state index contributed by atoms with van der Waals surface area (Å²) in [6, 6.07) is 25.6. The Kier molecular flexibility index (Phi) is 10.8. The van der Waals surface area contributed by atoms with E-state index in [-0.39, 0.29) is 32.1 Å². The predicted octanol–water partition coefficient (Wildman–Crippen LogP) is 3.75. The summed E-state index contributed by atoms with van der Waals surface area (Å²) < 4.78 is 17.0. The fraction of sp³-hybridized carbons (Fsp3) is 0.364. The van der Waals surface area contributed by atoms with E-state index < -0.39 is 35.7 Å². The SMILES string of the molecule is CC1(C)OCC(COC(=O)C(Cc2ccccc2)N[C@@H](Cc2ccc(-c3ccccc3)cc2)C(=O)NCCC(=O)O)O1. The molecule has 42 heavy (non-hydrogen) atoms. The molecule has 222 valence electrons. The van der Waals surface area contributed by atoms with Crippen LogP contribution in [-0.2, 0) is 41.4 Å². The molecular formula is C33H38N2O7. The number of carboxylic acid groups (broad SMARTS) is 1. The van der Waals surface area contributed by atoms with E-state index in [1.54, 1.807) is 13.8 Å². The van der Waals surface area contributed by atoms with E-state index in [1.165, 1.54) is 0 Å². The molecule has 0 saturated carbocycles. The molecule has 0 spiro atoms. The number of carbonyl (C=O) groups is 3. The Bertz CT molecular complexity index is 1310. The minimum atomic E-state index is -1.01. The number of rotatable bonds is 14. The molecule has 1 aliphatic heterocycles. The van der Waals surface area contributed by atoms with Crippen molar-refractivity contribution in [3.05, 3.63) is 96.1 Å². The number of hydrogen-bond donors (Lipinski definition) is 3. The fourth-order valence-corrected chi connectivity index (χ4v) is 4.77. The standard InChI is InChI=1S/C33H38N2O7/c1-33(2)41-22-27(42-33)21-40-32(39)29(20-23-9-5-3-6-10-23)35-28(31(38)34-18-17-30(36)37)19-24-13-15-26(16-14-24)25-11-7-4-8-12-25/h3-16,27-29,35H,17-22H2,1-2H3,(H,34,38)(H,36,37)/t27?,28-,29?/m0/s1. The highest BCUT2D eigenvalue weighted by molar-refractivity contribution is 5.84. The van der Waals surface area contributed by atoms with Gasteiger partial charge in [-0.3, -0.25) is 19.7 Å². The van der Waals surface area contributed by atoms with Crippen molar-refractivity contribution >= 4 is 17.8 Å². The Hall–Kier alpha value is -4.05. The predicted molar refractivity (Wildman–Crippen MR) is 158 cm³/mol. The van der Waals surface area contributed by atoms with Gasteiger partial charge in [0, 0.05) is 6.54 Å². The molecule has 1 aliphatic rings. The van der Waals surface area contributed by atoms with Crippen LogP contribution < -0.4 is 10.6 Å². The number of nitrogens with one attached hydrogen (secondary N) is 2. The highest BCUT2D eigenvalue weighted by Gasteiger charge is 2.34. The molecule has 1 fully saturated rings. The molecule has 2 unspecified atom stereocenters. The van der Waals surface area contributed by atoms with Crippen LogP contribution in [-0.4, -0.2) is 66.7 Å². The van der Waals surface area contributed by atoms with Gasteiger partial charge in [-0.25, -0.2) is 0 Å². The Morgan fingerprint density at radius 2 is 1.48 bits per heavy atom. The third-order valence-corrected chi connectivity index (χ3v) is 6.90. The first-order chi connectivity index (χ1) is 20.2. The lowest BCUT2D eigenvalue weighted by molar-refractivity contribution is -0.160. The van der Waals surface area contributed by atoms with Gasteiger partial charge in [0.05, 0.1) is 19.1 Å². The molecule has 0 aromatic heterocycles. The zero-order valence-electron chi connectivity index (χ0n) is 24.0. The molecule has 9 nitrogen and oxygen atoms in total. The second kappa shape index (κ2) is 14.7. The monoisotopic (exact) mass is 574 g/mol. The first-order valence-corrected chi connectivity index (χ1v) is 14.1. The van der Waals surface area contributed by atoms with E-state index in [1.807, 2.05) is 84.9 Å². The lowest BCUT2D eigenvalue weighted by Crippen LogP contribution is -2.53. The average molecular weight is 575 g/mol. The van der Waals surface area contributed by atoms with E-state index in [2.05, 4.69) is 10.6 Å². The number of carbonyl (C=O) groups excluding carboxylic acids is 2. The Balaban J connectivity index is 1.51. The van der Waals surface area contributed by atoms with Crippen LogP contribution in [0.4, 0.5) is 0 Å². The second-order valence-electron chi connectivity index (χ2n) is 10.7. The third kappa shape index (κ3) is 9.51. The topological polar surface area (TPSA) is 123 Å². The molecular weight excluding hydrogens is 536 g/mol. The van der Waals surface area contributed by atoms with E-state index >= 15 is 0 Å². The molecule has 1 saturated heterocycles. The number of carboxylic acids is 1. The fourth-order valence-electron chi connectivity index (χ4n) is 4.77. The summed E-state index contributed by atoms with van der Waals surface area (Å²) in [6.45, 7) is 3.90. The molecule has 0 aliphatic carbocycles. The number of benzene rings is 3. The summed E-state index contributed by atoms with van der Waals surface area (Å²) in [5.74, 6) is -2.67. The number of amides is 1. The minimum absolute atomic E-state index is 0.0195. The molecule has 9 heteroatoms. The highest BCUT2D eigenvalue weighted by atomic mass is 16.7. The number of ether oxygens (including phenoxy) is 3. The molecule has 0 radical (unpaired) electrons. The van der Waals surface area contributed by atoms with Gasteiger partial charge in [0.2, 0.25) is 5.91 Å². The normalized spacial score (nSPS) is 17.2. The lowest BCUT2D eigenvalue weighted by atomic mass is 9.99. The van der Waals surface area contributed by atoms with Crippen LogP contribution in [0.3, 0.4) is 0 Å². The van der Waals surface area contributed by atoms with Crippen molar-refractivity contribution in [2.45, 2.75) is 57.1 Å². The Labute approximate surface area is 246 Å². The summed E-state index contributed by atoms with van der Waals surface area (Å²) in [7, 11) is 0. The molecule has 3 aromatic carbocycles. The maximum absolute atomic E-state index is 13.4. The summed E-state index contributed by atoms with van der Waals surface area (Å²) in [4.78, 5) is 37.7. The van der Waals surface area contributed by atoms with Gasteiger partial charge in [0.1, 0.15) is 18.8 Å². The van der Waals surface area contributed by atoms with Gasteiger partial charge < -0.3 is 24.6 Å². The van der Waals surface area contributed by atoms with Gasteiger partial charge in [0.25, 0.3) is 0 Å². The van der Waals surface area contributed by atoms with Crippen LogP contribution in [0.25, 0.3) is 11.1 Å². The van der Waals surface area contributed by atoms with Crippen molar-refractivity contribution in [2.24, 2.45) is 0 Å². The van der Waals surface area contributed by atoms with Crippen LogP contribution in [0.5, 0.6) is 0 Å². The van der Waals surface area contributed by atoms with E-state index in [9.17, 15) is 14.4 Å². The van der Waals surface area contributed by atoms with Crippen molar-refractivity contribution in [1.82, 2.24) is 10.6 Å². The van der Waals surface area contributed by atoms with Gasteiger partial charge in [-0.2, -0.15) is 0 Å². The number of esters is 1. The van der Waals surface area contributed by atoms with Gasteiger partial charge in [-0.05, 0) is 48.9 Å². The van der Waals surface area contributed by atoms with Crippen molar-refractivity contribution < 1.29 is 33.7 Å². The summed E-state index contributed by atoms with van der Waals surface area (Å²) in [5, 5.41) is 15.0. The van der Waals surface area contributed by atoms with Gasteiger partial charge >= 0.3 is 11.9 Å². The maximum atomic E-state index is 13.4. The maximum Gasteiger partial charge on any atom is 0.323 e. The van der Waals surface area contributed by atoms with Crippen molar-refractivity contribution in [1.29, 1.82) is 0 Å². The largest absolute Gasteiger partial charge is 0.481 e. The van der Waals surface area contributed by atoms with Crippen LogP contribution in [0.1, 0.15) is 31.4 Å². The quantitative estimate of drug-likeness (QED) is 0.249. The van der Waals surface area contributed by atoms with Gasteiger partial charge in [-0.15, -0.1) is 0 Å². The van der Waals surface area contributed by atoms with Crippen molar-refractivity contribution in [2.75, 3.05) is 19.8 Å². The van der Waals surface area contributed by atoms with E-state index in [0.29, 0.717) is 13.0 Å². The minimum Gasteiger partial charge on any atom is -0.481 e. The number of hydrogen-bond acceptors (Lipinski definition) is 7. The highest BCUT2D eigenvalue weighted by Crippen LogP contribution is 2.23. The van der Waals surface area contributed by atoms with Crippen LogP contribution in [0, 0.1) is 0 Å². The van der Waals surface area contributed by atoms with Crippen molar-refractivity contribution in [3.8, 4) is 11.1 Å². The first-order valence-electron chi connectivity index (χ1n) is 14.1. The van der Waals surface area contributed by atoms with Gasteiger partial charge in [0.15, 0.2) is 5.79 Å². The smallest absolute Gasteiger partial charge is 0.323 e. The second-order valence-corrected chi connectivity index (χ2v) is 10.7.